The fourth-order valence-corrected chi connectivity index (χ4v) is 3.06. The van der Waals surface area contributed by atoms with Gasteiger partial charge in [0.05, 0.1) is 0 Å². The summed E-state index contributed by atoms with van der Waals surface area (Å²) in [6.07, 6.45) is 2.39. The Morgan fingerprint density at radius 3 is 2.58 bits per heavy atom. The lowest BCUT2D eigenvalue weighted by molar-refractivity contribution is 0.253. The van der Waals surface area contributed by atoms with Gasteiger partial charge in [0.1, 0.15) is 4.99 Å². The number of aryl methyl sites for hydroxylation is 1. The third kappa shape index (κ3) is 3.07. The number of piperidine rings is 1. The molecule has 1 aromatic carbocycles. The summed E-state index contributed by atoms with van der Waals surface area (Å²) in [7, 11) is 4.35. The van der Waals surface area contributed by atoms with Gasteiger partial charge >= 0.3 is 0 Å². The molecule has 0 atom stereocenters. The molecule has 1 aromatic rings. The van der Waals surface area contributed by atoms with E-state index in [0.717, 1.165) is 18.7 Å². The molecule has 0 saturated carbocycles. The minimum atomic E-state index is 0.485. The highest BCUT2D eigenvalue weighted by molar-refractivity contribution is 7.80. The monoisotopic (exact) mass is 277 g/mol. The third-order valence-corrected chi connectivity index (χ3v) is 4.31. The predicted molar refractivity (Wildman–Crippen MR) is 86.0 cm³/mol. The van der Waals surface area contributed by atoms with Crippen LogP contribution in [0.25, 0.3) is 0 Å². The van der Waals surface area contributed by atoms with Gasteiger partial charge in [-0.3, -0.25) is 0 Å². The summed E-state index contributed by atoms with van der Waals surface area (Å²) in [5.41, 5.74) is 9.31. The van der Waals surface area contributed by atoms with Crippen LogP contribution in [0.2, 0.25) is 0 Å². The highest BCUT2D eigenvalue weighted by Gasteiger charge is 2.23. The summed E-state index contributed by atoms with van der Waals surface area (Å²) in [6, 6.07) is 6.75. The van der Waals surface area contributed by atoms with E-state index in [-0.39, 0.29) is 0 Å². The fraction of sp³-hybridized carbons (Fsp3) is 0.533. The van der Waals surface area contributed by atoms with Crippen molar-refractivity contribution in [1.29, 1.82) is 0 Å². The lowest BCUT2D eigenvalue weighted by atomic mass is 10.00. The maximum atomic E-state index is 5.87. The highest BCUT2D eigenvalue weighted by Crippen LogP contribution is 2.28. The third-order valence-electron chi connectivity index (χ3n) is 4.09. The second-order valence-electron chi connectivity index (χ2n) is 5.48. The number of para-hydroxylation sites is 1. The summed E-state index contributed by atoms with van der Waals surface area (Å²) >= 11 is 5.19. The van der Waals surface area contributed by atoms with Crippen molar-refractivity contribution in [2.24, 2.45) is 5.73 Å². The van der Waals surface area contributed by atoms with E-state index in [1.807, 2.05) is 12.1 Å². The molecule has 0 unspecified atom stereocenters. The van der Waals surface area contributed by atoms with Gasteiger partial charge in [-0.1, -0.05) is 24.4 Å². The van der Waals surface area contributed by atoms with E-state index in [2.05, 4.69) is 36.9 Å². The molecule has 1 heterocycles. The maximum absolute atomic E-state index is 5.87. The molecule has 3 nitrogen and oxygen atoms in total. The van der Waals surface area contributed by atoms with Crippen LogP contribution in [-0.2, 0) is 0 Å². The molecule has 0 bridgehead atoms. The van der Waals surface area contributed by atoms with Crippen molar-refractivity contribution in [3.63, 3.8) is 0 Å². The van der Waals surface area contributed by atoms with E-state index < -0.39 is 0 Å². The fourth-order valence-electron chi connectivity index (χ4n) is 2.89. The molecule has 0 amide bonds. The summed E-state index contributed by atoms with van der Waals surface area (Å²) in [5.74, 6) is 0. The standard InChI is InChI=1S/C15H23N3S/c1-11-5-4-6-13(15(16)19)14(11)18(3)12-7-9-17(2)10-8-12/h4-6,12H,7-10H2,1-3H3,(H2,16,19). The van der Waals surface area contributed by atoms with E-state index in [1.54, 1.807) is 0 Å². The molecule has 0 spiro atoms. The number of nitrogens with zero attached hydrogens (tertiary/aromatic N) is 2. The van der Waals surface area contributed by atoms with Gasteiger partial charge in [0, 0.05) is 24.3 Å². The number of nitrogens with two attached hydrogens (primary N) is 1. The molecule has 4 heteroatoms. The quantitative estimate of drug-likeness (QED) is 0.858. The van der Waals surface area contributed by atoms with Gasteiger partial charge in [-0.25, -0.2) is 0 Å². The van der Waals surface area contributed by atoms with E-state index in [4.69, 9.17) is 18.0 Å². The Hall–Kier alpha value is -1.13. The van der Waals surface area contributed by atoms with Crippen LogP contribution in [0.4, 0.5) is 5.69 Å². The van der Waals surface area contributed by atoms with E-state index in [0.29, 0.717) is 11.0 Å². The number of anilines is 1. The van der Waals surface area contributed by atoms with Gasteiger partial charge < -0.3 is 15.5 Å². The van der Waals surface area contributed by atoms with Crippen LogP contribution in [0.5, 0.6) is 0 Å². The summed E-state index contributed by atoms with van der Waals surface area (Å²) in [6.45, 7) is 4.44. The van der Waals surface area contributed by atoms with Gasteiger partial charge in [0.2, 0.25) is 0 Å². The largest absolute Gasteiger partial charge is 0.389 e. The molecule has 19 heavy (non-hydrogen) atoms. The number of likely N-dealkylation sites (tertiary alicyclic amines) is 1. The smallest absolute Gasteiger partial charge is 0.106 e. The Morgan fingerprint density at radius 1 is 1.37 bits per heavy atom. The zero-order valence-corrected chi connectivity index (χ0v) is 12.8. The van der Waals surface area contributed by atoms with Crippen LogP contribution >= 0.6 is 12.2 Å². The van der Waals surface area contributed by atoms with Crippen LogP contribution < -0.4 is 10.6 Å². The second kappa shape index (κ2) is 5.88. The highest BCUT2D eigenvalue weighted by atomic mass is 32.1. The first kappa shape index (κ1) is 14.3. The zero-order chi connectivity index (χ0) is 14.0. The Balaban J connectivity index is 2.28. The van der Waals surface area contributed by atoms with Crippen LogP contribution in [-0.4, -0.2) is 43.1 Å². The molecule has 1 aliphatic heterocycles. The number of rotatable bonds is 3. The van der Waals surface area contributed by atoms with Gasteiger partial charge in [-0.15, -0.1) is 0 Å². The van der Waals surface area contributed by atoms with Crippen molar-refractivity contribution in [3.8, 4) is 0 Å². The minimum Gasteiger partial charge on any atom is -0.389 e. The number of hydrogen-bond donors (Lipinski definition) is 1. The molecule has 1 aliphatic rings. The normalized spacial score (nSPS) is 17.4. The summed E-state index contributed by atoms with van der Waals surface area (Å²) in [4.78, 5) is 5.24. The van der Waals surface area contributed by atoms with Gasteiger partial charge in [-0.2, -0.15) is 0 Å². The molecule has 0 aliphatic carbocycles. The summed E-state index contributed by atoms with van der Waals surface area (Å²) < 4.78 is 0. The first-order valence-corrected chi connectivity index (χ1v) is 7.22. The van der Waals surface area contributed by atoms with Crippen molar-refractivity contribution in [3.05, 3.63) is 29.3 Å². The van der Waals surface area contributed by atoms with Gasteiger partial charge in [0.25, 0.3) is 0 Å². The summed E-state index contributed by atoms with van der Waals surface area (Å²) in [5, 5.41) is 0. The van der Waals surface area contributed by atoms with E-state index >= 15 is 0 Å². The van der Waals surface area contributed by atoms with Gasteiger partial charge in [0.15, 0.2) is 0 Å². The number of benzene rings is 1. The Kier molecular flexibility index (Phi) is 4.42. The van der Waals surface area contributed by atoms with Crippen LogP contribution in [0.1, 0.15) is 24.0 Å². The van der Waals surface area contributed by atoms with Crippen LogP contribution in [0, 0.1) is 6.92 Å². The lowest BCUT2D eigenvalue weighted by Gasteiger charge is -2.37. The van der Waals surface area contributed by atoms with Crippen molar-refractivity contribution < 1.29 is 0 Å². The SMILES string of the molecule is Cc1cccc(C(N)=S)c1N(C)C1CCN(C)CC1. The second-order valence-corrected chi connectivity index (χ2v) is 5.92. The van der Waals surface area contributed by atoms with E-state index in [1.165, 1.54) is 24.1 Å². The Bertz CT molecular complexity index is 464. The molecule has 2 N–H and O–H groups in total. The molecule has 104 valence electrons. The molecular formula is C15H23N3S. The lowest BCUT2D eigenvalue weighted by Crippen LogP contribution is -2.42. The first-order valence-electron chi connectivity index (χ1n) is 6.81. The molecular weight excluding hydrogens is 254 g/mol. The topological polar surface area (TPSA) is 32.5 Å². The number of thiocarbonyl (C=S) groups is 1. The van der Waals surface area contributed by atoms with Crippen molar-refractivity contribution in [2.45, 2.75) is 25.8 Å². The van der Waals surface area contributed by atoms with E-state index in [9.17, 15) is 0 Å². The molecule has 1 fully saturated rings. The molecule has 2 rings (SSSR count). The van der Waals surface area contributed by atoms with Gasteiger partial charge in [-0.05, 0) is 51.5 Å². The van der Waals surface area contributed by atoms with Crippen molar-refractivity contribution in [2.75, 3.05) is 32.1 Å². The average molecular weight is 277 g/mol. The zero-order valence-electron chi connectivity index (χ0n) is 12.0. The molecule has 0 radical (unpaired) electrons. The predicted octanol–water partition coefficient (Wildman–Crippen LogP) is 2.16. The first-order chi connectivity index (χ1) is 9.00. The number of hydrogen-bond acceptors (Lipinski definition) is 3. The van der Waals surface area contributed by atoms with Crippen molar-refractivity contribution >= 4 is 22.9 Å². The Morgan fingerprint density at radius 2 is 2.00 bits per heavy atom. The van der Waals surface area contributed by atoms with Crippen LogP contribution in [0.3, 0.4) is 0 Å². The Labute approximate surface area is 121 Å². The maximum Gasteiger partial charge on any atom is 0.106 e. The molecule has 1 saturated heterocycles. The van der Waals surface area contributed by atoms with Crippen molar-refractivity contribution in [1.82, 2.24) is 4.90 Å². The molecule has 0 aromatic heterocycles. The average Bonchev–Trinajstić information content (AvgIpc) is 2.38. The minimum absolute atomic E-state index is 0.485. The van der Waals surface area contributed by atoms with Crippen LogP contribution in [0.15, 0.2) is 18.2 Å².